The van der Waals surface area contributed by atoms with Crippen LogP contribution in [0.5, 0.6) is 5.75 Å². The van der Waals surface area contributed by atoms with Crippen molar-refractivity contribution in [2.45, 2.75) is 20.5 Å². The molecule has 9 heteroatoms. The topological polar surface area (TPSA) is 109 Å². The molecule has 0 radical (unpaired) electrons. The third kappa shape index (κ3) is 4.26. The predicted molar refractivity (Wildman–Crippen MR) is 119 cm³/mol. The number of carbonyl (C=O) groups excluding carboxylic acids is 1. The fraction of sp³-hybridized carbons (Fsp3) is 0.182. The van der Waals surface area contributed by atoms with Gasteiger partial charge in [-0.3, -0.25) is 9.59 Å². The second kappa shape index (κ2) is 8.57. The summed E-state index contributed by atoms with van der Waals surface area (Å²) in [6.45, 7) is 4.35. The molecule has 0 saturated heterocycles. The molecule has 0 saturated carbocycles. The number of aryl methyl sites for hydroxylation is 1. The Bertz CT molecular complexity index is 1320. The standard InChI is InChI=1S/C22H20N4O4S/c1-3-29-18-11-14(8-9-16(18)27)10-15-20(23)26-22(24-21(15)28)31-19(25-26)12-30-17-7-5-4-6-13(17)2/h4-11H,3,12,23H2,1-2H3/b14-10+. The van der Waals surface area contributed by atoms with Gasteiger partial charge in [0.1, 0.15) is 18.2 Å². The number of anilines is 1. The second-order valence-electron chi connectivity index (χ2n) is 6.74. The number of aromatic nitrogens is 3. The third-order valence-corrected chi connectivity index (χ3v) is 5.44. The number of nitrogens with zero attached hydrogens (tertiary/aromatic N) is 3. The van der Waals surface area contributed by atoms with Crippen LogP contribution in [0.2, 0.25) is 0 Å². The van der Waals surface area contributed by atoms with E-state index in [-0.39, 0.29) is 29.5 Å². The summed E-state index contributed by atoms with van der Waals surface area (Å²) < 4.78 is 12.6. The molecule has 8 nitrogen and oxygen atoms in total. The first kappa shape index (κ1) is 20.5. The first-order chi connectivity index (χ1) is 15.0. The molecule has 0 fully saturated rings. The van der Waals surface area contributed by atoms with E-state index in [2.05, 4.69) is 10.1 Å². The van der Waals surface area contributed by atoms with Crippen molar-refractivity contribution in [3.05, 3.63) is 80.3 Å². The van der Waals surface area contributed by atoms with Crippen molar-refractivity contribution >= 4 is 34.0 Å². The lowest BCUT2D eigenvalue weighted by molar-refractivity contribution is -0.114. The molecular formula is C22H20N4O4S. The minimum Gasteiger partial charge on any atom is -0.490 e. The molecule has 1 aliphatic rings. The van der Waals surface area contributed by atoms with Gasteiger partial charge in [-0.15, -0.1) is 0 Å². The maximum atomic E-state index is 12.6. The number of allylic oxidation sites excluding steroid dienone is 4. The number of carbonyl (C=O) groups is 1. The largest absolute Gasteiger partial charge is 0.490 e. The highest BCUT2D eigenvalue weighted by Crippen LogP contribution is 2.23. The van der Waals surface area contributed by atoms with Crippen LogP contribution in [0.4, 0.5) is 5.82 Å². The summed E-state index contributed by atoms with van der Waals surface area (Å²) in [5.41, 5.74) is 7.58. The highest BCUT2D eigenvalue weighted by molar-refractivity contribution is 7.16. The molecule has 3 aromatic rings. The summed E-state index contributed by atoms with van der Waals surface area (Å²) in [7, 11) is 0. The van der Waals surface area contributed by atoms with Crippen LogP contribution in [-0.2, 0) is 16.1 Å². The highest BCUT2D eigenvalue weighted by Gasteiger charge is 2.16. The van der Waals surface area contributed by atoms with Gasteiger partial charge in [0.05, 0.1) is 12.2 Å². The van der Waals surface area contributed by atoms with Crippen molar-refractivity contribution in [3.8, 4) is 5.75 Å². The SMILES string of the molecule is CCOC1=C/C(=C/c2c(N)n3nc(COc4ccccc4C)sc3nc2=O)C=CC1=O. The number of hydrogen-bond acceptors (Lipinski definition) is 8. The molecule has 0 aliphatic heterocycles. The molecule has 31 heavy (non-hydrogen) atoms. The van der Waals surface area contributed by atoms with Crippen molar-refractivity contribution in [2.75, 3.05) is 12.3 Å². The number of hydrogen-bond donors (Lipinski definition) is 1. The van der Waals surface area contributed by atoms with E-state index in [9.17, 15) is 9.59 Å². The lowest BCUT2D eigenvalue weighted by Crippen LogP contribution is -2.17. The molecule has 0 amide bonds. The normalized spacial score (nSPS) is 14.8. The van der Waals surface area contributed by atoms with Gasteiger partial charge in [0.15, 0.2) is 10.8 Å². The lowest BCUT2D eigenvalue weighted by atomic mass is 10.0. The smallest absolute Gasteiger partial charge is 0.283 e. The van der Waals surface area contributed by atoms with E-state index in [1.807, 2.05) is 31.2 Å². The number of rotatable bonds is 6. The molecule has 158 valence electrons. The molecular weight excluding hydrogens is 416 g/mol. The molecule has 0 unspecified atom stereocenters. The van der Waals surface area contributed by atoms with E-state index in [0.29, 0.717) is 22.1 Å². The summed E-state index contributed by atoms with van der Waals surface area (Å²) in [4.78, 5) is 28.9. The van der Waals surface area contributed by atoms with Crippen LogP contribution in [0, 0.1) is 6.92 Å². The number of ketones is 1. The zero-order chi connectivity index (χ0) is 22.0. The van der Waals surface area contributed by atoms with Crippen LogP contribution in [0.3, 0.4) is 0 Å². The van der Waals surface area contributed by atoms with E-state index in [0.717, 1.165) is 11.3 Å². The number of fused-ring (bicyclic) bond motifs is 1. The Labute approximate surface area is 181 Å². The average molecular weight is 436 g/mol. The fourth-order valence-electron chi connectivity index (χ4n) is 3.02. The number of benzene rings is 1. The third-order valence-electron chi connectivity index (χ3n) is 4.56. The Morgan fingerprint density at radius 2 is 2.00 bits per heavy atom. The van der Waals surface area contributed by atoms with Gasteiger partial charge in [-0.05, 0) is 49.3 Å². The minimum atomic E-state index is -0.475. The van der Waals surface area contributed by atoms with Gasteiger partial charge in [-0.2, -0.15) is 14.6 Å². The second-order valence-corrected chi connectivity index (χ2v) is 7.78. The van der Waals surface area contributed by atoms with Crippen LogP contribution < -0.4 is 16.0 Å². The number of ether oxygens (including phenoxy) is 2. The first-order valence-electron chi connectivity index (χ1n) is 9.61. The van der Waals surface area contributed by atoms with E-state index in [4.69, 9.17) is 15.2 Å². The molecule has 4 rings (SSSR count). The maximum absolute atomic E-state index is 12.6. The Morgan fingerprint density at radius 1 is 1.19 bits per heavy atom. The van der Waals surface area contributed by atoms with Gasteiger partial charge < -0.3 is 15.2 Å². The molecule has 1 aliphatic carbocycles. The number of nitrogen functional groups attached to an aromatic ring is 1. The fourth-order valence-corrected chi connectivity index (χ4v) is 3.83. The van der Waals surface area contributed by atoms with Crippen molar-refractivity contribution in [3.63, 3.8) is 0 Å². The van der Waals surface area contributed by atoms with Crippen LogP contribution in [0.15, 0.2) is 58.6 Å². The summed E-state index contributed by atoms with van der Waals surface area (Å²) in [5.74, 6) is 0.916. The molecule has 2 aromatic heterocycles. The summed E-state index contributed by atoms with van der Waals surface area (Å²) in [6.07, 6.45) is 6.13. The summed E-state index contributed by atoms with van der Waals surface area (Å²) >= 11 is 1.24. The zero-order valence-corrected chi connectivity index (χ0v) is 17.8. The summed E-state index contributed by atoms with van der Waals surface area (Å²) in [6, 6.07) is 7.69. The van der Waals surface area contributed by atoms with E-state index >= 15 is 0 Å². The van der Waals surface area contributed by atoms with Gasteiger partial charge in [0, 0.05) is 0 Å². The van der Waals surface area contributed by atoms with Gasteiger partial charge in [-0.25, -0.2) is 0 Å². The van der Waals surface area contributed by atoms with Gasteiger partial charge in [-0.1, -0.05) is 35.6 Å². The molecule has 0 bridgehead atoms. The lowest BCUT2D eigenvalue weighted by Gasteiger charge is -2.10. The van der Waals surface area contributed by atoms with Gasteiger partial charge in [0.25, 0.3) is 5.56 Å². The van der Waals surface area contributed by atoms with E-state index < -0.39 is 5.56 Å². The Balaban J connectivity index is 1.66. The van der Waals surface area contributed by atoms with Crippen molar-refractivity contribution in [2.24, 2.45) is 0 Å². The zero-order valence-electron chi connectivity index (χ0n) is 17.0. The Kier molecular flexibility index (Phi) is 5.68. The monoisotopic (exact) mass is 436 g/mol. The first-order valence-corrected chi connectivity index (χ1v) is 10.4. The van der Waals surface area contributed by atoms with E-state index in [1.54, 1.807) is 25.2 Å². The van der Waals surface area contributed by atoms with E-state index in [1.165, 1.54) is 21.9 Å². The summed E-state index contributed by atoms with van der Waals surface area (Å²) in [5, 5.41) is 5.08. The van der Waals surface area contributed by atoms with Crippen LogP contribution >= 0.6 is 11.3 Å². The Morgan fingerprint density at radius 3 is 2.77 bits per heavy atom. The van der Waals surface area contributed by atoms with Crippen LogP contribution in [0.25, 0.3) is 11.0 Å². The molecule has 1 aromatic carbocycles. The highest BCUT2D eigenvalue weighted by atomic mass is 32.1. The van der Waals surface area contributed by atoms with Crippen molar-refractivity contribution in [1.82, 2.24) is 14.6 Å². The van der Waals surface area contributed by atoms with Gasteiger partial charge in [0.2, 0.25) is 10.7 Å². The van der Waals surface area contributed by atoms with Crippen molar-refractivity contribution < 1.29 is 14.3 Å². The van der Waals surface area contributed by atoms with Crippen LogP contribution in [-0.4, -0.2) is 27.0 Å². The number of para-hydroxylation sites is 1. The van der Waals surface area contributed by atoms with Gasteiger partial charge >= 0.3 is 0 Å². The molecule has 0 spiro atoms. The molecule has 2 N–H and O–H groups in total. The maximum Gasteiger partial charge on any atom is 0.283 e. The molecule has 0 atom stereocenters. The Hall–Kier alpha value is -3.72. The minimum absolute atomic E-state index is 0.164. The average Bonchev–Trinajstić information content (AvgIpc) is 3.16. The van der Waals surface area contributed by atoms with Crippen LogP contribution in [0.1, 0.15) is 23.1 Å². The quantitative estimate of drug-likeness (QED) is 0.632. The number of nitrogens with two attached hydrogens (primary N) is 1. The predicted octanol–water partition coefficient (Wildman–Crippen LogP) is 3.06. The van der Waals surface area contributed by atoms with Crippen molar-refractivity contribution in [1.29, 1.82) is 0 Å². The molecule has 2 heterocycles.